The first kappa shape index (κ1) is 12.3. The van der Waals surface area contributed by atoms with Gasteiger partial charge in [-0.25, -0.2) is 9.97 Å². The number of halogens is 1. The Morgan fingerprint density at radius 1 is 1.71 bits per heavy atom. The van der Waals surface area contributed by atoms with E-state index in [-0.39, 0.29) is 17.4 Å². The monoisotopic (exact) mass is 299 g/mol. The predicted molar refractivity (Wildman–Crippen MR) is 67.5 cm³/mol. The van der Waals surface area contributed by atoms with E-state index in [1.54, 1.807) is 0 Å². The van der Waals surface area contributed by atoms with Crippen LogP contribution in [0.2, 0.25) is 0 Å². The van der Waals surface area contributed by atoms with E-state index >= 15 is 0 Å². The van der Waals surface area contributed by atoms with Crippen LogP contribution < -0.4 is 16.4 Å². The van der Waals surface area contributed by atoms with Crippen molar-refractivity contribution in [2.45, 2.75) is 6.42 Å². The van der Waals surface area contributed by atoms with Gasteiger partial charge in [0.1, 0.15) is 4.60 Å². The average Bonchev–Trinajstić information content (AvgIpc) is 2.82. The third kappa shape index (κ3) is 3.13. The van der Waals surface area contributed by atoms with E-state index in [0.29, 0.717) is 17.1 Å². The van der Waals surface area contributed by atoms with Gasteiger partial charge in [0.25, 0.3) is 5.91 Å². The second-order valence-corrected chi connectivity index (χ2v) is 4.81. The molecular formula is C10H14BrN5O. The minimum atomic E-state index is -0.275. The Bertz CT molecular complexity index is 419. The number of aromatic nitrogens is 2. The summed E-state index contributed by atoms with van der Waals surface area (Å²) in [6, 6.07) is 0. The Balaban J connectivity index is 1.96. The van der Waals surface area contributed by atoms with Gasteiger partial charge in [-0.15, -0.1) is 0 Å². The highest BCUT2D eigenvalue weighted by Gasteiger charge is 2.18. The van der Waals surface area contributed by atoms with Gasteiger partial charge in [0.05, 0.1) is 6.20 Å². The molecule has 2 heterocycles. The average molecular weight is 300 g/mol. The van der Waals surface area contributed by atoms with Crippen LogP contribution in [0.5, 0.6) is 0 Å². The first-order valence-corrected chi connectivity index (χ1v) is 6.23. The molecule has 0 aliphatic carbocycles. The van der Waals surface area contributed by atoms with Gasteiger partial charge in [-0.2, -0.15) is 0 Å². The zero-order valence-corrected chi connectivity index (χ0v) is 10.8. The van der Waals surface area contributed by atoms with Crippen LogP contribution in [-0.4, -0.2) is 35.5 Å². The molecular weight excluding hydrogens is 286 g/mol. The lowest BCUT2D eigenvalue weighted by molar-refractivity contribution is 0.0943. The van der Waals surface area contributed by atoms with Crippen molar-refractivity contribution in [2.24, 2.45) is 5.92 Å². The van der Waals surface area contributed by atoms with Crippen molar-refractivity contribution in [3.05, 3.63) is 16.5 Å². The molecule has 1 saturated heterocycles. The van der Waals surface area contributed by atoms with Gasteiger partial charge in [-0.1, -0.05) is 0 Å². The summed E-state index contributed by atoms with van der Waals surface area (Å²) >= 11 is 3.16. The summed E-state index contributed by atoms with van der Waals surface area (Å²) < 4.78 is 0.499. The largest absolute Gasteiger partial charge is 0.382 e. The quantitative estimate of drug-likeness (QED) is 0.739. The summed E-state index contributed by atoms with van der Waals surface area (Å²) in [6.07, 6.45) is 2.55. The summed E-state index contributed by atoms with van der Waals surface area (Å²) in [4.78, 5) is 19.7. The number of nitrogens with two attached hydrogens (primary N) is 1. The third-order valence-corrected chi connectivity index (χ3v) is 3.08. The maximum absolute atomic E-state index is 11.8. The summed E-state index contributed by atoms with van der Waals surface area (Å²) in [7, 11) is 0. The normalized spacial score (nSPS) is 19.2. The van der Waals surface area contributed by atoms with Crippen LogP contribution in [0.3, 0.4) is 0 Å². The van der Waals surface area contributed by atoms with Crippen molar-refractivity contribution in [2.75, 3.05) is 25.4 Å². The van der Waals surface area contributed by atoms with Gasteiger partial charge in [0, 0.05) is 6.54 Å². The van der Waals surface area contributed by atoms with E-state index in [1.807, 2.05) is 0 Å². The Hall–Kier alpha value is -1.21. The first-order chi connectivity index (χ1) is 8.16. The SMILES string of the molecule is Nc1ncc(Br)nc1C(=O)NCC1CCNC1. The lowest BCUT2D eigenvalue weighted by Crippen LogP contribution is -2.31. The second-order valence-electron chi connectivity index (χ2n) is 4.00. The molecule has 0 saturated carbocycles. The van der Waals surface area contributed by atoms with E-state index in [4.69, 9.17) is 5.73 Å². The molecule has 7 heteroatoms. The zero-order valence-electron chi connectivity index (χ0n) is 9.24. The molecule has 1 aliphatic rings. The van der Waals surface area contributed by atoms with Crippen LogP contribution in [0.4, 0.5) is 5.82 Å². The van der Waals surface area contributed by atoms with Crippen LogP contribution in [0.15, 0.2) is 10.8 Å². The fraction of sp³-hybridized carbons (Fsp3) is 0.500. The smallest absolute Gasteiger partial charge is 0.273 e. The van der Waals surface area contributed by atoms with E-state index < -0.39 is 0 Å². The van der Waals surface area contributed by atoms with E-state index in [0.717, 1.165) is 19.5 Å². The topological polar surface area (TPSA) is 92.9 Å². The van der Waals surface area contributed by atoms with Gasteiger partial charge in [-0.05, 0) is 41.4 Å². The number of carbonyl (C=O) groups is 1. The predicted octanol–water partition coefficient (Wildman–Crippen LogP) is 0.161. The number of nitrogen functional groups attached to an aromatic ring is 1. The minimum absolute atomic E-state index is 0.148. The van der Waals surface area contributed by atoms with Crippen molar-refractivity contribution in [1.29, 1.82) is 0 Å². The molecule has 0 aromatic carbocycles. The lowest BCUT2D eigenvalue weighted by atomic mass is 10.1. The van der Waals surface area contributed by atoms with Crippen LogP contribution >= 0.6 is 15.9 Å². The molecule has 1 aromatic heterocycles. The van der Waals surface area contributed by atoms with Crippen molar-refractivity contribution >= 4 is 27.7 Å². The maximum atomic E-state index is 11.8. The van der Waals surface area contributed by atoms with Crippen LogP contribution in [0.25, 0.3) is 0 Å². The Morgan fingerprint density at radius 2 is 2.53 bits per heavy atom. The fourth-order valence-corrected chi connectivity index (χ4v) is 2.03. The third-order valence-electron chi connectivity index (χ3n) is 2.70. The minimum Gasteiger partial charge on any atom is -0.382 e. The number of anilines is 1. The molecule has 1 fully saturated rings. The van der Waals surface area contributed by atoms with E-state index in [9.17, 15) is 4.79 Å². The van der Waals surface area contributed by atoms with Gasteiger partial charge in [-0.3, -0.25) is 4.79 Å². The number of hydrogen-bond acceptors (Lipinski definition) is 5. The molecule has 0 bridgehead atoms. The Labute approximate surface area is 108 Å². The van der Waals surface area contributed by atoms with Crippen LogP contribution in [0, 0.1) is 5.92 Å². The molecule has 0 radical (unpaired) electrons. The highest BCUT2D eigenvalue weighted by atomic mass is 79.9. The Kier molecular flexibility index (Phi) is 3.90. The van der Waals surface area contributed by atoms with E-state index in [1.165, 1.54) is 6.20 Å². The number of rotatable bonds is 3. The van der Waals surface area contributed by atoms with Crippen LogP contribution in [0.1, 0.15) is 16.9 Å². The van der Waals surface area contributed by atoms with Crippen molar-refractivity contribution < 1.29 is 4.79 Å². The zero-order chi connectivity index (χ0) is 12.3. The first-order valence-electron chi connectivity index (χ1n) is 5.43. The summed E-state index contributed by atoms with van der Waals surface area (Å²) in [5, 5.41) is 6.07. The lowest BCUT2D eigenvalue weighted by Gasteiger charge is -2.10. The molecule has 17 heavy (non-hydrogen) atoms. The Morgan fingerprint density at radius 3 is 3.24 bits per heavy atom. The molecule has 2 rings (SSSR count). The standard InChI is InChI=1S/C10H14BrN5O/c11-7-5-14-9(12)8(16-7)10(17)15-4-6-1-2-13-3-6/h5-6,13H,1-4H2,(H2,12,14)(H,15,17). The van der Waals surface area contributed by atoms with Crippen molar-refractivity contribution in [3.63, 3.8) is 0 Å². The number of carbonyl (C=O) groups excluding carboxylic acids is 1. The molecule has 1 aliphatic heterocycles. The molecule has 4 N–H and O–H groups in total. The molecule has 1 amide bonds. The van der Waals surface area contributed by atoms with Crippen molar-refractivity contribution in [1.82, 2.24) is 20.6 Å². The van der Waals surface area contributed by atoms with Gasteiger partial charge < -0.3 is 16.4 Å². The van der Waals surface area contributed by atoms with Crippen molar-refractivity contribution in [3.8, 4) is 0 Å². The maximum Gasteiger partial charge on any atom is 0.273 e. The molecule has 1 aromatic rings. The number of amides is 1. The second kappa shape index (κ2) is 5.42. The molecule has 92 valence electrons. The summed E-state index contributed by atoms with van der Waals surface area (Å²) in [5.74, 6) is 0.360. The number of hydrogen-bond donors (Lipinski definition) is 3. The highest BCUT2D eigenvalue weighted by molar-refractivity contribution is 9.10. The number of nitrogens with zero attached hydrogens (tertiary/aromatic N) is 2. The fourth-order valence-electron chi connectivity index (χ4n) is 1.75. The summed E-state index contributed by atoms with van der Waals surface area (Å²) in [5.41, 5.74) is 5.78. The molecule has 1 unspecified atom stereocenters. The molecule has 6 nitrogen and oxygen atoms in total. The highest BCUT2D eigenvalue weighted by Crippen LogP contribution is 2.11. The van der Waals surface area contributed by atoms with Gasteiger partial charge in [0.2, 0.25) is 0 Å². The van der Waals surface area contributed by atoms with Gasteiger partial charge in [0.15, 0.2) is 11.5 Å². The summed E-state index contributed by atoms with van der Waals surface area (Å²) in [6.45, 7) is 2.60. The number of nitrogens with one attached hydrogen (secondary N) is 2. The van der Waals surface area contributed by atoms with E-state index in [2.05, 4.69) is 36.5 Å². The molecule has 1 atom stereocenters. The molecule has 0 spiro atoms. The van der Waals surface area contributed by atoms with Crippen LogP contribution in [-0.2, 0) is 0 Å². The van der Waals surface area contributed by atoms with Gasteiger partial charge >= 0.3 is 0 Å².